The maximum atomic E-state index is 12.4. The zero-order valence-corrected chi connectivity index (χ0v) is 12.0. The van der Waals surface area contributed by atoms with Crippen LogP contribution in [0.25, 0.3) is 0 Å². The highest BCUT2D eigenvalue weighted by atomic mass is 16.2. The lowest BCUT2D eigenvalue weighted by atomic mass is 9.90. The third-order valence-corrected chi connectivity index (χ3v) is 3.56. The third kappa shape index (κ3) is 3.57. The van der Waals surface area contributed by atoms with Gasteiger partial charge in [0.1, 0.15) is 0 Å². The second kappa shape index (κ2) is 6.05. The average molecular weight is 275 g/mol. The van der Waals surface area contributed by atoms with E-state index >= 15 is 0 Å². The lowest BCUT2D eigenvalue weighted by Crippen LogP contribution is -2.54. The first-order valence-corrected chi connectivity index (χ1v) is 6.94. The zero-order valence-electron chi connectivity index (χ0n) is 12.0. The van der Waals surface area contributed by atoms with Gasteiger partial charge >= 0.3 is 0 Å². The van der Waals surface area contributed by atoms with Gasteiger partial charge in [-0.25, -0.2) is 0 Å². The molecule has 0 saturated carbocycles. The van der Waals surface area contributed by atoms with Gasteiger partial charge in [-0.2, -0.15) is 0 Å². The summed E-state index contributed by atoms with van der Waals surface area (Å²) in [5, 5.41) is 8.90. The van der Waals surface area contributed by atoms with Gasteiger partial charge in [-0.1, -0.05) is 6.07 Å². The molecule has 2 rings (SSSR count). The molecular weight excluding hydrogens is 254 g/mol. The van der Waals surface area contributed by atoms with Gasteiger partial charge in [0.25, 0.3) is 0 Å². The van der Waals surface area contributed by atoms with E-state index in [0.717, 1.165) is 25.8 Å². The minimum Gasteiger partial charge on any atom is -0.326 e. The highest BCUT2D eigenvalue weighted by Crippen LogP contribution is 2.22. The highest BCUT2D eigenvalue weighted by Gasteiger charge is 2.34. The Morgan fingerprint density at radius 3 is 2.50 bits per heavy atom. The predicted molar refractivity (Wildman–Crippen MR) is 79.6 cm³/mol. The molecule has 1 aliphatic heterocycles. The number of benzene rings is 1. The number of amides is 2. The summed E-state index contributed by atoms with van der Waals surface area (Å²) in [6, 6.07) is 7.16. The lowest BCUT2D eigenvalue weighted by molar-refractivity contribution is -0.122. The molecule has 1 aromatic carbocycles. The molecule has 1 aliphatic rings. The van der Waals surface area contributed by atoms with Crippen LogP contribution in [0.15, 0.2) is 24.3 Å². The van der Waals surface area contributed by atoms with Gasteiger partial charge in [0.05, 0.1) is 5.54 Å². The molecule has 1 heterocycles. The molecule has 20 heavy (non-hydrogen) atoms. The van der Waals surface area contributed by atoms with Crippen LogP contribution in [-0.4, -0.2) is 23.9 Å². The van der Waals surface area contributed by atoms with Crippen molar-refractivity contribution in [1.82, 2.24) is 5.32 Å². The van der Waals surface area contributed by atoms with Crippen LogP contribution < -0.4 is 16.0 Å². The summed E-state index contributed by atoms with van der Waals surface area (Å²) < 4.78 is 0. The summed E-state index contributed by atoms with van der Waals surface area (Å²) in [5.41, 5.74) is 0.856. The van der Waals surface area contributed by atoms with Gasteiger partial charge in [-0.15, -0.1) is 0 Å². The van der Waals surface area contributed by atoms with Crippen molar-refractivity contribution in [2.24, 2.45) is 0 Å². The second-order valence-electron chi connectivity index (χ2n) is 5.43. The van der Waals surface area contributed by atoms with Crippen molar-refractivity contribution >= 4 is 23.2 Å². The number of carbonyl (C=O) groups excluding carboxylic acids is 2. The molecule has 0 spiro atoms. The van der Waals surface area contributed by atoms with E-state index in [1.807, 2.05) is 13.0 Å². The molecule has 0 aromatic heterocycles. The number of rotatable bonds is 3. The highest BCUT2D eigenvalue weighted by molar-refractivity contribution is 5.98. The minimum atomic E-state index is -0.512. The van der Waals surface area contributed by atoms with Gasteiger partial charge < -0.3 is 16.0 Å². The summed E-state index contributed by atoms with van der Waals surface area (Å²) in [5.74, 6) is -0.161. The molecule has 0 bridgehead atoms. The Morgan fingerprint density at radius 2 is 1.90 bits per heavy atom. The van der Waals surface area contributed by atoms with E-state index in [1.165, 1.54) is 6.92 Å². The Kier molecular flexibility index (Phi) is 4.39. The number of nitrogens with one attached hydrogen (secondary N) is 3. The largest absolute Gasteiger partial charge is 0.326 e. The van der Waals surface area contributed by atoms with E-state index < -0.39 is 5.54 Å². The Labute approximate surface area is 119 Å². The van der Waals surface area contributed by atoms with E-state index in [-0.39, 0.29) is 11.8 Å². The van der Waals surface area contributed by atoms with Crippen LogP contribution in [0.4, 0.5) is 11.4 Å². The quantitative estimate of drug-likeness (QED) is 0.791. The first kappa shape index (κ1) is 14.5. The number of hydrogen-bond donors (Lipinski definition) is 3. The molecule has 5 nitrogen and oxygen atoms in total. The van der Waals surface area contributed by atoms with Crippen LogP contribution in [-0.2, 0) is 9.59 Å². The molecule has 1 atom stereocenters. The summed E-state index contributed by atoms with van der Waals surface area (Å²) in [7, 11) is 0. The Morgan fingerprint density at radius 1 is 1.20 bits per heavy atom. The molecule has 1 fully saturated rings. The van der Waals surface area contributed by atoms with Crippen LogP contribution in [0.2, 0.25) is 0 Å². The molecule has 3 N–H and O–H groups in total. The van der Waals surface area contributed by atoms with Crippen LogP contribution in [0.1, 0.15) is 33.1 Å². The predicted octanol–water partition coefficient (Wildman–Crippen LogP) is 2.12. The topological polar surface area (TPSA) is 70.2 Å². The summed E-state index contributed by atoms with van der Waals surface area (Å²) in [6.45, 7) is 4.26. The maximum Gasteiger partial charge on any atom is 0.244 e. The third-order valence-electron chi connectivity index (χ3n) is 3.56. The number of hydrogen-bond acceptors (Lipinski definition) is 3. The standard InChI is InChI=1S/C15H21N3O2/c1-11(19)17-12-6-5-7-13(10-12)18-14(20)15(2)8-3-4-9-16-15/h5-7,10,16H,3-4,8-9H2,1-2H3,(H,17,19)(H,18,20). The smallest absolute Gasteiger partial charge is 0.244 e. The number of carbonyl (C=O) groups is 2. The van der Waals surface area contributed by atoms with Gasteiger partial charge in [0.2, 0.25) is 11.8 Å². The van der Waals surface area contributed by atoms with Gasteiger partial charge in [-0.3, -0.25) is 9.59 Å². The Hall–Kier alpha value is -1.88. The van der Waals surface area contributed by atoms with Gasteiger partial charge in [0, 0.05) is 18.3 Å². The molecule has 0 radical (unpaired) electrons. The molecule has 1 unspecified atom stereocenters. The average Bonchev–Trinajstić information content (AvgIpc) is 2.39. The molecule has 1 saturated heterocycles. The van der Waals surface area contributed by atoms with Crippen molar-refractivity contribution in [2.75, 3.05) is 17.2 Å². The van der Waals surface area contributed by atoms with Crippen molar-refractivity contribution in [3.8, 4) is 0 Å². The molecular formula is C15H21N3O2. The first-order valence-electron chi connectivity index (χ1n) is 6.94. The second-order valence-corrected chi connectivity index (χ2v) is 5.43. The van der Waals surface area contributed by atoms with Crippen molar-refractivity contribution in [3.63, 3.8) is 0 Å². The van der Waals surface area contributed by atoms with Crippen molar-refractivity contribution in [2.45, 2.75) is 38.6 Å². The lowest BCUT2D eigenvalue weighted by Gasteiger charge is -2.33. The fraction of sp³-hybridized carbons (Fsp3) is 0.467. The summed E-state index contributed by atoms with van der Waals surface area (Å²) in [4.78, 5) is 23.4. The number of anilines is 2. The zero-order chi connectivity index (χ0) is 14.6. The van der Waals surface area contributed by atoms with E-state index in [9.17, 15) is 9.59 Å². The molecule has 1 aromatic rings. The van der Waals surface area contributed by atoms with E-state index in [4.69, 9.17) is 0 Å². The van der Waals surface area contributed by atoms with E-state index in [0.29, 0.717) is 11.4 Å². The Bertz CT molecular complexity index is 508. The summed E-state index contributed by atoms with van der Waals surface area (Å²) >= 11 is 0. The molecule has 5 heteroatoms. The molecule has 0 aliphatic carbocycles. The van der Waals surface area contributed by atoms with E-state index in [2.05, 4.69) is 16.0 Å². The fourth-order valence-corrected chi connectivity index (χ4v) is 2.40. The van der Waals surface area contributed by atoms with Crippen LogP contribution in [0.5, 0.6) is 0 Å². The maximum absolute atomic E-state index is 12.4. The fourth-order valence-electron chi connectivity index (χ4n) is 2.40. The van der Waals surface area contributed by atoms with Crippen molar-refractivity contribution in [1.29, 1.82) is 0 Å². The van der Waals surface area contributed by atoms with E-state index in [1.54, 1.807) is 18.2 Å². The molecule has 108 valence electrons. The Balaban J connectivity index is 2.05. The molecule has 2 amide bonds. The normalized spacial score (nSPS) is 22.1. The van der Waals surface area contributed by atoms with Crippen LogP contribution in [0, 0.1) is 0 Å². The van der Waals surface area contributed by atoms with Crippen LogP contribution in [0.3, 0.4) is 0 Å². The first-order chi connectivity index (χ1) is 9.49. The number of piperidine rings is 1. The van der Waals surface area contributed by atoms with Crippen molar-refractivity contribution < 1.29 is 9.59 Å². The van der Waals surface area contributed by atoms with Gasteiger partial charge in [-0.05, 0) is 50.9 Å². The minimum absolute atomic E-state index is 0.0304. The monoisotopic (exact) mass is 275 g/mol. The van der Waals surface area contributed by atoms with Crippen molar-refractivity contribution in [3.05, 3.63) is 24.3 Å². The van der Waals surface area contributed by atoms with Gasteiger partial charge in [0.15, 0.2) is 0 Å². The van der Waals surface area contributed by atoms with Crippen LogP contribution >= 0.6 is 0 Å². The summed E-state index contributed by atoms with van der Waals surface area (Å²) in [6.07, 6.45) is 3.01. The SMILES string of the molecule is CC(=O)Nc1cccc(NC(=O)C2(C)CCCCN2)c1.